The normalized spacial score (nSPS) is 14.2. The molecule has 11 heteroatoms. The molecule has 1 fully saturated rings. The van der Waals surface area contributed by atoms with Crippen LogP contribution in [0.1, 0.15) is 5.82 Å². The van der Waals surface area contributed by atoms with Crippen molar-refractivity contribution in [3.8, 4) is 5.75 Å². The number of nitrogens with one attached hydrogen (secondary N) is 1. The number of hydrogen-bond donors (Lipinski definition) is 1. The predicted octanol–water partition coefficient (Wildman–Crippen LogP) is 1.17. The first-order valence-electron chi connectivity index (χ1n) is 10.6. The van der Waals surface area contributed by atoms with Crippen LogP contribution in [0.25, 0.3) is 0 Å². The highest BCUT2D eigenvalue weighted by molar-refractivity contribution is 5.92. The number of nitrogens with zero attached hydrogens (tertiary/aromatic N) is 6. The Morgan fingerprint density at radius 3 is 2.55 bits per heavy atom. The van der Waals surface area contributed by atoms with Crippen molar-refractivity contribution in [1.29, 1.82) is 0 Å². The summed E-state index contributed by atoms with van der Waals surface area (Å²) in [6.07, 6.45) is 0. The molecule has 1 aliphatic heterocycles. The van der Waals surface area contributed by atoms with E-state index in [0.29, 0.717) is 43.4 Å². The minimum absolute atomic E-state index is 0.0155. The van der Waals surface area contributed by atoms with E-state index in [9.17, 15) is 14.0 Å². The van der Waals surface area contributed by atoms with E-state index in [1.165, 1.54) is 16.9 Å². The zero-order chi connectivity index (χ0) is 23.0. The third kappa shape index (κ3) is 6.56. The van der Waals surface area contributed by atoms with Crippen LogP contribution in [0.4, 0.5) is 10.1 Å². The van der Waals surface area contributed by atoms with Gasteiger partial charge in [0.05, 0.1) is 6.54 Å². The Hall–Kier alpha value is -3.86. The summed E-state index contributed by atoms with van der Waals surface area (Å²) < 4.78 is 18.8. The Morgan fingerprint density at radius 2 is 1.79 bits per heavy atom. The lowest BCUT2D eigenvalue weighted by atomic mass is 10.3. The van der Waals surface area contributed by atoms with Crippen LogP contribution in [0, 0.1) is 5.82 Å². The fraction of sp³-hybridized carbons (Fsp3) is 0.318. The standard InChI is InChI=1S/C22H24FN7O3/c23-17-5-4-6-18(13-17)24-21(31)14-28-9-11-29(12-10-28)22(32)15-30-26-20(25-27-30)16-33-19-7-2-1-3-8-19/h1-8,13H,9-12,14-16H2,(H,24,31). The summed E-state index contributed by atoms with van der Waals surface area (Å²) in [4.78, 5) is 29.7. The first kappa shape index (κ1) is 22.3. The van der Waals surface area contributed by atoms with Gasteiger partial charge in [-0.15, -0.1) is 10.2 Å². The van der Waals surface area contributed by atoms with Crippen molar-refractivity contribution < 1.29 is 18.7 Å². The smallest absolute Gasteiger partial charge is 0.246 e. The van der Waals surface area contributed by atoms with Gasteiger partial charge in [-0.3, -0.25) is 14.5 Å². The van der Waals surface area contributed by atoms with Gasteiger partial charge < -0.3 is 15.0 Å². The van der Waals surface area contributed by atoms with Crippen molar-refractivity contribution in [3.05, 3.63) is 66.2 Å². The van der Waals surface area contributed by atoms with Gasteiger partial charge in [-0.1, -0.05) is 24.3 Å². The zero-order valence-electron chi connectivity index (χ0n) is 17.9. The monoisotopic (exact) mass is 453 g/mol. The van der Waals surface area contributed by atoms with E-state index < -0.39 is 5.82 Å². The maximum Gasteiger partial charge on any atom is 0.246 e. The minimum Gasteiger partial charge on any atom is -0.485 e. The van der Waals surface area contributed by atoms with Crippen molar-refractivity contribution in [2.45, 2.75) is 13.2 Å². The average Bonchev–Trinajstić information content (AvgIpc) is 3.26. The molecule has 1 N–H and O–H groups in total. The van der Waals surface area contributed by atoms with Gasteiger partial charge in [0.1, 0.15) is 18.1 Å². The maximum absolute atomic E-state index is 13.2. The summed E-state index contributed by atoms with van der Waals surface area (Å²) >= 11 is 0. The second kappa shape index (κ2) is 10.6. The molecule has 2 amide bonds. The van der Waals surface area contributed by atoms with E-state index in [0.717, 1.165) is 0 Å². The first-order chi connectivity index (χ1) is 16.0. The molecule has 0 bridgehead atoms. The number of carbonyl (C=O) groups excluding carboxylic acids is 2. The number of carbonyl (C=O) groups is 2. The molecule has 0 aliphatic carbocycles. The van der Waals surface area contributed by atoms with Crippen molar-refractivity contribution in [2.24, 2.45) is 0 Å². The Morgan fingerprint density at radius 1 is 1.00 bits per heavy atom. The Balaban J connectivity index is 1.19. The van der Waals surface area contributed by atoms with Crippen LogP contribution in [0.15, 0.2) is 54.6 Å². The van der Waals surface area contributed by atoms with Crippen LogP contribution in [0.3, 0.4) is 0 Å². The number of halogens is 1. The van der Waals surface area contributed by atoms with Gasteiger partial charge in [0.25, 0.3) is 0 Å². The van der Waals surface area contributed by atoms with E-state index in [1.54, 1.807) is 17.0 Å². The molecular formula is C22H24FN7O3. The third-order valence-electron chi connectivity index (χ3n) is 5.08. The quantitative estimate of drug-likeness (QED) is 0.546. The maximum atomic E-state index is 13.2. The Labute approximate surface area is 189 Å². The summed E-state index contributed by atoms with van der Waals surface area (Å²) in [5.74, 6) is 0.343. The number of tetrazole rings is 1. The highest BCUT2D eigenvalue weighted by Crippen LogP contribution is 2.11. The molecule has 0 spiro atoms. The van der Waals surface area contributed by atoms with Crippen molar-refractivity contribution >= 4 is 17.5 Å². The molecule has 1 aliphatic rings. The largest absolute Gasteiger partial charge is 0.485 e. The highest BCUT2D eigenvalue weighted by Gasteiger charge is 2.23. The van der Waals surface area contributed by atoms with Crippen LogP contribution in [-0.4, -0.2) is 74.5 Å². The van der Waals surface area contributed by atoms with Gasteiger partial charge in [-0.25, -0.2) is 4.39 Å². The average molecular weight is 453 g/mol. The predicted molar refractivity (Wildman–Crippen MR) is 117 cm³/mol. The summed E-state index contributed by atoms with van der Waals surface area (Å²) in [6.45, 7) is 2.42. The van der Waals surface area contributed by atoms with Gasteiger partial charge in [-0.05, 0) is 35.5 Å². The number of piperazine rings is 1. The van der Waals surface area contributed by atoms with E-state index in [1.807, 2.05) is 35.2 Å². The molecule has 172 valence electrons. The fourth-order valence-electron chi connectivity index (χ4n) is 3.41. The molecule has 2 heterocycles. The molecule has 2 aromatic carbocycles. The van der Waals surface area contributed by atoms with Crippen molar-refractivity contribution in [1.82, 2.24) is 30.0 Å². The topological polar surface area (TPSA) is 105 Å². The van der Waals surface area contributed by atoms with Gasteiger partial charge in [0.15, 0.2) is 6.61 Å². The van der Waals surface area contributed by atoms with Crippen molar-refractivity contribution in [3.63, 3.8) is 0 Å². The number of ether oxygens (including phenoxy) is 1. The fourth-order valence-corrected chi connectivity index (χ4v) is 3.41. The number of amides is 2. The summed E-state index contributed by atoms with van der Waals surface area (Å²) in [5.41, 5.74) is 0.419. The Kier molecular flexibility index (Phi) is 7.20. The molecule has 10 nitrogen and oxygen atoms in total. The molecule has 33 heavy (non-hydrogen) atoms. The number of rotatable bonds is 8. The lowest BCUT2D eigenvalue weighted by Gasteiger charge is -2.34. The van der Waals surface area contributed by atoms with E-state index >= 15 is 0 Å². The van der Waals surface area contributed by atoms with E-state index in [4.69, 9.17) is 4.74 Å². The first-order valence-corrected chi connectivity index (χ1v) is 10.6. The van der Waals surface area contributed by atoms with E-state index in [2.05, 4.69) is 20.7 Å². The second-order valence-corrected chi connectivity index (χ2v) is 7.55. The number of benzene rings is 2. The van der Waals surface area contributed by atoms with Gasteiger partial charge in [0.2, 0.25) is 17.6 Å². The van der Waals surface area contributed by atoms with Crippen molar-refractivity contribution in [2.75, 3.05) is 38.0 Å². The molecule has 1 saturated heterocycles. The number of aromatic nitrogens is 4. The summed E-state index contributed by atoms with van der Waals surface area (Å²) in [6, 6.07) is 15.1. The third-order valence-corrected chi connectivity index (χ3v) is 5.08. The van der Waals surface area contributed by atoms with Crippen LogP contribution in [-0.2, 0) is 22.7 Å². The van der Waals surface area contributed by atoms with E-state index in [-0.39, 0.29) is 31.5 Å². The SMILES string of the molecule is O=C(CN1CCN(C(=O)Cn2nnc(COc3ccccc3)n2)CC1)Nc1cccc(F)c1. The molecule has 4 rings (SSSR count). The van der Waals surface area contributed by atoms with Crippen LogP contribution in [0.5, 0.6) is 5.75 Å². The van der Waals surface area contributed by atoms with Crippen LogP contribution >= 0.6 is 0 Å². The highest BCUT2D eigenvalue weighted by atomic mass is 19.1. The minimum atomic E-state index is -0.405. The van der Waals surface area contributed by atoms with Gasteiger partial charge in [0, 0.05) is 31.9 Å². The summed E-state index contributed by atoms with van der Waals surface area (Å²) in [5, 5.41) is 14.7. The molecule has 0 atom stereocenters. The molecular weight excluding hydrogens is 429 g/mol. The van der Waals surface area contributed by atoms with Gasteiger partial charge >= 0.3 is 0 Å². The molecule has 0 radical (unpaired) electrons. The van der Waals surface area contributed by atoms with Crippen LogP contribution < -0.4 is 10.1 Å². The van der Waals surface area contributed by atoms with Crippen LogP contribution in [0.2, 0.25) is 0 Å². The number of hydrogen-bond acceptors (Lipinski definition) is 7. The zero-order valence-corrected chi connectivity index (χ0v) is 17.9. The molecule has 0 unspecified atom stereocenters. The second-order valence-electron chi connectivity index (χ2n) is 7.55. The number of anilines is 1. The summed E-state index contributed by atoms with van der Waals surface area (Å²) in [7, 11) is 0. The number of para-hydroxylation sites is 1. The Bertz CT molecular complexity index is 1080. The molecule has 3 aromatic rings. The molecule has 0 saturated carbocycles. The lowest BCUT2D eigenvalue weighted by Crippen LogP contribution is -2.51. The van der Waals surface area contributed by atoms with Gasteiger partial charge in [-0.2, -0.15) is 4.80 Å². The molecule has 1 aromatic heterocycles. The lowest BCUT2D eigenvalue weighted by molar-refractivity contribution is -0.134.